The molecule has 0 saturated heterocycles. The normalized spacial score (nSPS) is 11.6. The van der Waals surface area contributed by atoms with E-state index in [0.29, 0.717) is 39.6 Å². The second-order valence-electron chi connectivity index (χ2n) is 10.4. The highest BCUT2D eigenvalue weighted by molar-refractivity contribution is 5.80. The van der Waals surface area contributed by atoms with Gasteiger partial charge < -0.3 is 5.11 Å². The highest BCUT2D eigenvalue weighted by Crippen LogP contribution is 2.42. The predicted molar refractivity (Wildman–Crippen MR) is 173 cm³/mol. The molecule has 0 unspecified atom stereocenters. The van der Waals surface area contributed by atoms with Crippen LogP contribution < -0.4 is 11.1 Å². The van der Waals surface area contributed by atoms with Gasteiger partial charge in [0.15, 0.2) is 17.1 Å². The Hall–Kier alpha value is -6.10. The molecule has 1 N–H and O–H groups in total. The molecule has 0 aliphatic rings. The van der Waals surface area contributed by atoms with E-state index in [4.69, 9.17) is 0 Å². The summed E-state index contributed by atoms with van der Waals surface area (Å²) in [5.41, 5.74) is 3.85. The molecule has 0 spiro atoms. The maximum absolute atomic E-state index is 13.4. The van der Waals surface area contributed by atoms with E-state index < -0.39 is 0 Å². The first-order chi connectivity index (χ1) is 21.8. The molecule has 0 amide bonds. The minimum atomic E-state index is -0.349. The Morgan fingerprint density at radius 3 is 1.51 bits per heavy atom. The Balaban J connectivity index is 1.44. The molecule has 0 radical (unpaired) electrons. The fraction of sp³-hybridized carbons (Fsp3) is 0.118. The van der Waals surface area contributed by atoms with E-state index in [0.717, 1.165) is 0 Å². The Bertz CT molecular complexity index is 2190. The molecule has 0 bridgehead atoms. The van der Waals surface area contributed by atoms with E-state index in [-0.39, 0.29) is 33.9 Å². The van der Waals surface area contributed by atoms with Gasteiger partial charge in [-0.05, 0) is 55.8 Å². The summed E-state index contributed by atoms with van der Waals surface area (Å²) >= 11 is 0. The highest BCUT2D eigenvalue weighted by Gasteiger charge is 2.19. The van der Waals surface area contributed by atoms with Crippen LogP contribution in [0, 0.1) is 13.8 Å². The summed E-state index contributed by atoms with van der Waals surface area (Å²) in [7, 11) is 3.55. The van der Waals surface area contributed by atoms with Crippen LogP contribution in [0.3, 0.4) is 0 Å². The summed E-state index contributed by atoms with van der Waals surface area (Å²) in [4.78, 5) is 26.8. The third kappa shape index (κ3) is 5.31. The molecule has 0 fully saturated rings. The zero-order chi connectivity index (χ0) is 31.7. The zero-order valence-corrected chi connectivity index (χ0v) is 25.2. The molecule has 224 valence electrons. The summed E-state index contributed by atoms with van der Waals surface area (Å²) in [6.07, 6.45) is 0. The average molecular weight is 599 g/mol. The number of aromatic hydroxyl groups is 1. The third-order valence-corrected chi connectivity index (χ3v) is 7.73. The van der Waals surface area contributed by atoms with Crippen molar-refractivity contribution in [2.45, 2.75) is 13.8 Å². The van der Waals surface area contributed by atoms with Gasteiger partial charge in [-0.25, -0.2) is 9.36 Å². The number of hydrogen-bond acceptors (Lipinski definition) is 7. The van der Waals surface area contributed by atoms with Crippen molar-refractivity contribution in [3.8, 4) is 28.3 Å². The second kappa shape index (κ2) is 11.9. The third-order valence-electron chi connectivity index (χ3n) is 7.73. The molecule has 11 heteroatoms. The van der Waals surface area contributed by atoms with Gasteiger partial charge in [-0.15, -0.1) is 15.3 Å². The first kappa shape index (κ1) is 29.0. The number of azo groups is 2. The molecule has 0 aliphatic heterocycles. The number of aromatic nitrogens is 4. The summed E-state index contributed by atoms with van der Waals surface area (Å²) < 4.78 is 6.46. The van der Waals surface area contributed by atoms with Crippen LogP contribution in [0.1, 0.15) is 11.4 Å². The lowest BCUT2D eigenvalue weighted by molar-refractivity contribution is 0.478. The van der Waals surface area contributed by atoms with E-state index in [2.05, 4.69) is 20.5 Å². The number of phenols is 1. The predicted octanol–water partition coefficient (Wildman–Crippen LogP) is 7.49. The quantitative estimate of drug-likeness (QED) is 0.192. The van der Waals surface area contributed by atoms with Crippen molar-refractivity contribution in [2.75, 3.05) is 0 Å². The van der Waals surface area contributed by atoms with Crippen LogP contribution in [-0.4, -0.2) is 23.8 Å². The van der Waals surface area contributed by atoms with Crippen LogP contribution in [0.25, 0.3) is 22.5 Å². The van der Waals surface area contributed by atoms with Gasteiger partial charge in [-0.1, -0.05) is 66.7 Å². The lowest BCUT2D eigenvalue weighted by Gasteiger charge is -2.08. The Morgan fingerprint density at radius 2 is 1.02 bits per heavy atom. The van der Waals surface area contributed by atoms with Gasteiger partial charge in [0, 0.05) is 19.7 Å². The Labute approximate surface area is 258 Å². The molecule has 6 rings (SSSR count). The minimum Gasteiger partial charge on any atom is -0.505 e. The number of hydrogen-bond donors (Lipinski definition) is 1. The van der Waals surface area contributed by atoms with E-state index in [1.807, 2.05) is 91.0 Å². The van der Waals surface area contributed by atoms with Crippen molar-refractivity contribution in [3.05, 3.63) is 135 Å². The SMILES string of the molecule is Cc1c(N=Nc2cc(N=Nc3c(C)n(C)n(-c4ccccc4)c3=O)c(O)c(-c3ccccc3)c2)c(=O)n(-c2ccccc2)n1C. The van der Waals surface area contributed by atoms with Crippen LogP contribution in [0.5, 0.6) is 5.75 Å². The van der Waals surface area contributed by atoms with Crippen LogP contribution in [0.2, 0.25) is 0 Å². The molecule has 0 atom stereocenters. The van der Waals surface area contributed by atoms with Gasteiger partial charge in [0.25, 0.3) is 11.1 Å². The van der Waals surface area contributed by atoms with Crippen molar-refractivity contribution in [3.63, 3.8) is 0 Å². The van der Waals surface area contributed by atoms with E-state index in [1.54, 1.807) is 43.4 Å². The maximum atomic E-state index is 13.4. The van der Waals surface area contributed by atoms with Crippen molar-refractivity contribution in [2.24, 2.45) is 34.6 Å². The number of rotatable bonds is 7. The van der Waals surface area contributed by atoms with Crippen LogP contribution in [-0.2, 0) is 14.1 Å². The zero-order valence-electron chi connectivity index (χ0n) is 25.2. The van der Waals surface area contributed by atoms with E-state index in [9.17, 15) is 14.7 Å². The van der Waals surface area contributed by atoms with Gasteiger partial charge in [0.1, 0.15) is 5.69 Å². The molecule has 0 saturated carbocycles. The molecule has 6 aromatic rings. The lowest BCUT2D eigenvalue weighted by atomic mass is 10.0. The smallest absolute Gasteiger partial charge is 0.299 e. The molecular weight excluding hydrogens is 568 g/mol. The van der Waals surface area contributed by atoms with E-state index >= 15 is 0 Å². The molecule has 11 nitrogen and oxygen atoms in total. The topological polar surface area (TPSA) is 124 Å². The van der Waals surface area contributed by atoms with Gasteiger partial charge in [0.05, 0.1) is 28.5 Å². The summed E-state index contributed by atoms with van der Waals surface area (Å²) in [5.74, 6) is -0.136. The van der Waals surface area contributed by atoms with Gasteiger partial charge in [-0.3, -0.25) is 19.0 Å². The highest BCUT2D eigenvalue weighted by atomic mass is 16.3. The van der Waals surface area contributed by atoms with Crippen molar-refractivity contribution in [1.82, 2.24) is 18.7 Å². The lowest BCUT2D eigenvalue weighted by Crippen LogP contribution is -2.19. The van der Waals surface area contributed by atoms with Crippen molar-refractivity contribution in [1.29, 1.82) is 0 Å². The van der Waals surface area contributed by atoms with Gasteiger partial charge in [0.2, 0.25) is 0 Å². The minimum absolute atomic E-state index is 0.0886. The van der Waals surface area contributed by atoms with Crippen LogP contribution in [0.4, 0.5) is 22.7 Å². The number of phenolic OH excluding ortho intramolecular Hbond substituents is 1. The number of para-hydroxylation sites is 2. The van der Waals surface area contributed by atoms with Crippen molar-refractivity contribution < 1.29 is 5.11 Å². The van der Waals surface area contributed by atoms with Crippen LogP contribution >= 0.6 is 0 Å². The first-order valence-corrected chi connectivity index (χ1v) is 14.2. The molecule has 4 aromatic carbocycles. The van der Waals surface area contributed by atoms with Gasteiger partial charge >= 0.3 is 0 Å². The second-order valence-corrected chi connectivity index (χ2v) is 10.4. The maximum Gasteiger partial charge on any atom is 0.299 e. The molecule has 2 heterocycles. The standard InChI is InChI=1S/C34H30N8O3/c1-22-30(33(44)41(39(22)3)26-16-10-6-11-17-26)37-35-25-20-28(24-14-8-5-9-15-24)32(43)29(21-25)36-38-31-23(2)40(4)42(34(31)45)27-18-12-7-13-19-27/h5-21,43H,1-4H3. The summed E-state index contributed by atoms with van der Waals surface area (Å²) in [6, 6.07) is 31.0. The van der Waals surface area contributed by atoms with E-state index in [1.165, 1.54) is 15.4 Å². The monoisotopic (exact) mass is 598 g/mol. The average Bonchev–Trinajstić information content (AvgIpc) is 3.41. The molecular formula is C34H30N8O3. The largest absolute Gasteiger partial charge is 0.505 e. The first-order valence-electron chi connectivity index (χ1n) is 14.2. The Kier molecular flexibility index (Phi) is 7.66. The van der Waals surface area contributed by atoms with Crippen molar-refractivity contribution >= 4 is 22.7 Å². The number of benzene rings is 4. The molecule has 2 aromatic heterocycles. The van der Waals surface area contributed by atoms with Crippen LogP contribution in [0.15, 0.2) is 133 Å². The molecule has 0 aliphatic carbocycles. The summed E-state index contributed by atoms with van der Waals surface area (Å²) in [6.45, 7) is 3.57. The fourth-order valence-electron chi connectivity index (χ4n) is 5.13. The Morgan fingerprint density at radius 1 is 0.578 bits per heavy atom. The molecule has 45 heavy (non-hydrogen) atoms. The fourth-order valence-corrected chi connectivity index (χ4v) is 5.13. The number of nitrogens with zero attached hydrogens (tertiary/aromatic N) is 8. The van der Waals surface area contributed by atoms with Gasteiger partial charge in [-0.2, -0.15) is 5.11 Å². The summed E-state index contributed by atoms with van der Waals surface area (Å²) in [5, 5.41) is 28.6.